The Morgan fingerprint density at radius 2 is 2.06 bits per heavy atom. The van der Waals surface area contributed by atoms with Gasteiger partial charge in [-0.2, -0.15) is 0 Å². The number of hydrogen-bond donors (Lipinski definition) is 2. The minimum atomic E-state index is -1.08. The van der Waals surface area contributed by atoms with Gasteiger partial charge < -0.3 is 15.2 Å². The first-order chi connectivity index (χ1) is 8.68. The van der Waals surface area contributed by atoms with E-state index in [4.69, 9.17) is 9.84 Å². The van der Waals surface area contributed by atoms with Crippen LogP contribution in [0.4, 0.5) is 0 Å². The number of carboxylic acids is 1. The van der Waals surface area contributed by atoms with Crippen molar-refractivity contribution in [3.63, 3.8) is 0 Å². The third-order valence-electron chi connectivity index (χ3n) is 2.89. The number of benzene rings is 1. The van der Waals surface area contributed by atoms with Gasteiger partial charge in [0.15, 0.2) is 6.04 Å². The van der Waals surface area contributed by atoms with Gasteiger partial charge in [0, 0.05) is 6.61 Å². The molecule has 0 spiro atoms. The van der Waals surface area contributed by atoms with Crippen LogP contribution in [0.3, 0.4) is 0 Å². The Labute approximate surface area is 105 Å². The van der Waals surface area contributed by atoms with Crippen molar-refractivity contribution in [3.05, 3.63) is 35.9 Å². The largest absolute Gasteiger partial charge is 0.479 e. The van der Waals surface area contributed by atoms with Crippen molar-refractivity contribution in [1.82, 2.24) is 5.32 Å². The van der Waals surface area contributed by atoms with E-state index < -0.39 is 18.1 Å². The maximum absolute atomic E-state index is 11.8. The van der Waals surface area contributed by atoms with Crippen molar-refractivity contribution < 1.29 is 19.4 Å². The number of amides is 1. The van der Waals surface area contributed by atoms with E-state index >= 15 is 0 Å². The summed E-state index contributed by atoms with van der Waals surface area (Å²) in [6.45, 7) is 0.557. The summed E-state index contributed by atoms with van der Waals surface area (Å²) in [7, 11) is 0. The Balaban J connectivity index is 2.07. The number of rotatable bonds is 4. The molecule has 0 aliphatic carbocycles. The standard InChI is InChI=1S/C13H15NO4/c15-12(10-7-4-8-18-10)14-11(13(16)17)9-5-2-1-3-6-9/h1-3,5-6,10-11H,4,7-8H2,(H,14,15)(H,16,17)/t10-,11-/m0/s1. The van der Waals surface area contributed by atoms with Crippen LogP contribution < -0.4 is 5.32 Å². The van der Waals surface area contributed by atoms with Crippen LogP contribution in [0, 0.1) is 0 Å². The topological polar surface area (TPSA) is 75.6 Å². The lowest BCUT2D eigenvalue weighted by molar-refractivity contribution is -0.143. The van der Waals surface area contributed by atoms with E-state index in [0.717, 1.165) is 6.42 Å². The molecule has 1 aromatic rings. The van der Waals surface area contributed by atoms with Gasteiger partial charge >= 0.3 is 5.97 Å². The molecule has 2 rings (SSSR count). The number of nitrogens with one attached hydrogen (secondary N) is 1. The Morgan fingerprint density at radius 3 is 2.61 bits per heavy atom. The Morgan fingerprint density at radius 1 is 1.33 bits per heavy atom. The van der Waals surface area contributed by atoms with Crippen molar-refractivity contribution in [2.24, 2.45) is 0 Å². The second-order valence-electron chi connectivity index (χ2n) is 4.19. The van der Waals surface area contributed by atoms with Crippen LogP contribution in [-0.4, -0.2) is 29.7 Å². The molecule has 0 bridgehead atoms. The van der Waals surface area contributed by atoms with Crippen molar-refractivity contribution in [1.29, 1.82) is 0 Å². The predicted octanol–water partition coefficient (Wildman–Crippen LogP) is 1.11. The molecule has 1 heterocycles. The third kappa shape index (κ3) is 2.87. The van der Waals surface area contributed by atoms with Crippen LogP contribution in [0.1, 0.15) is 24.4 Å². The fourth-order valence-corrected chi connectivity index (χ4v) is 1.95. The normalized spacial score (nSPS) is 20.3. The lowest BCUT2D eigenvalue weighted by Gasteiger charge is -2.17. The van der Waals surface area contributed by atoms with Gasteiger partial charge in [-0.1, -0.05) is 30.3 Å². The Kier molecular flexibility index (Phi) is 3.94. The van der Waals surface area contributed by atoms with E-state index in [-0.39, 0.29) is 5.91 Å². The lowest BCUT2D eigenvalue weighted by atomic mass is 10.1. The summed E-state index contributed by atoms with van der Waals surface area (Å²) >= 11 is 0. The van der Waals surface area contributed by atoms with E-state index in [1.54, 1.807) is 30.3 Å². The molecule has 0 saturated carbocycles. The molecule has 0 unspecified atom stereocenters. The molecule has 96 valence electrons. The minimum absolute atomic E-state index is 0.358. The molecule has 1 aromatic carbocycles. The number of carbonyl (C=O) groups excluding carboxylic acids is 1. The second-order valence-corrected chi connectivity index (χ2v) is 4.19. The number of carbonyl (C=O) groups is 2. The van der Waals surface area contributed by atoms with Crippen LogP contribution in [0.2, 0.25) is 0 Å². The Hall–Kier alpha value is -1.88. The number of aliphatic carboxylic acids is 1. The highest BCUT2D eigenvalue weighted by Crippen LogP contribution is 2.16. The van der Waals surface area contributed by atoms with E-state index in [9.17, 15) is 9.59 Å². The zero-order valence-corrected chi connectivity index (χ0v) is 9.83. The average Bonchev–Trinajstić information content (AvgIpc) is 2.90. The van der Waals surface area contributed by atoms with Gasteiger partial charge in [0.1, 0.15) is 6.10 Å². The van der Waals surface area contributed by atoms with Crippen LogP contribution in [-0.2, 0) is 14.3 Å². The molecule has 5 heteroatoms. The Bertz CT molecular complexity index is 426. The molecular weight excluding hydrogens is 234 g/mol. The zero-order valence-electron chi connectivity index (χ0n) is 9.83. The molecule has 5 nitrogen and oxygen atoms in total. The molecular formula is C13H15NO4. The number of carboxylic acid groups (broad SMARTS) is 1. The summed E-state index contributed by atoms with van der Waals surface area (Å²) in [6, 6.07) is 7.60. The maximum Gasteiger partial charge on any atom is 0.330 e. The van der Waals surface area contributed by atoms with E-state index in [1.807, 2.05) is 0 Å². The summed E-state index contributed by atoms with van der Waals surface area (Å²) in [5.41, 5.74) is 0.552. The summed E-state index contributed by atoms with van der Waals surface area (Å²) < 4.78 is 5.23. The van der Waals surface area contributed by atoms with Crippen LogP contribution in [0.25, 0.3) is 0 Å². The first kappa shape index (κ1) is 12.6. The van der Waals surface area contributed by atoms with Crippen LogP contribution in [0.5, 0.6) is 0 Å². The molecule has 2 N–H and O–H groups in total. The van der Waals surface area contributed by atoms with Gasteiger partial charge in [0.2, 0.25) is 5.91 Å². The third-order valence-corrected chi connectivity index (χ3v) is 2.89. The molecule has 0 aromatic heterocycles. The quantitative estimate of drug-likeness (QED) is 0.838. The molecule has 1 saturated heterocycles. The lowest BCUT2D eigenvalue weighted by Crippen LogP contribution is -2.39. The fraction of sp³-hybridized carbons (Fsp3) is 0.385. The second kappa shape index (κ2) is 5.64. The first-order valence-corrected chi connectivity index (χ1v) is 5.88. The summed E-state index contributed by atoms with van der Waals surface area (Å²) in [6.07, 6.45) is 0.962. The maximum atomic E-state index is 11.8. The van der Waals surface area contributed by atoms with Crippen LogP contribution in [0.15, 0.2) is 30.3 Å². The molecule has 0 radical (unpaired) electrons. The number of hydrogen-bond acceptors (Lipinski definition) is 3. The smallest absolute Gasteiger partial charge is 0.330 e. The summed E-state index contributed by atoms with van der Waals surface area (Å²) in [5, 5.41) is 11.7. The van der Waals surface area contributed by atoms with Crippen molar-refractivity contribution in [2.75, 3.05) is 6.61 Å². The molecule has 1 fully saturated rings. The molecule has 1 aliphatic heterocycles. The van der Waals surface area contributed by atoms with Crippen molar-refractivity contribution >= 4 is 11.9 Å². The fourth-order valence-electron chi connectivity index (χ4n) is 1.95. The van der Waals surface area contributed by atoms with Gasteiger partial charge in [0.05, 0.1) is 0 Å². The zero-order chi connectivity index (χ0) is 13.0. The van der Waals surface area contributed by atoms with E-state index in [0.29, 0.717) is 18.6 Å². The van der Waals surface area contributed by atoms with E-state index in [2.05, 4.69) is 5.32 Å². The highest BCUT2D eigenvalue weighted by Gasteiger charge is 2.28. The molecule has 18 heavy (non-hydrogen) atoms. The van der Waals surface area contributed by atoms with Crippen LogP contribution >= 0.6 is 0 Å². The van der Waals surface area contributed by atoms with Gasteiger partial charge in [-0.3, -0.25) is 4.79 Å². The summed E-state index contributed by atoms with van der Waals surface area (Å²) in [5.74, 6) is -1.43. The highest BCUT2D eigenvalue weighted by atomic mass is 16.5. The predicted molar refractivity (Wildman–Crippen MR) is 63.9 cm³/mol. The van der Waals surface area contributed by atoms with Gasteiger partial charge in [-0.25, -0.2) is 4.79 Å². The van der Waals surface area contributed by atoms with Gasteiger partial charge in [-0.15, -0.1) is 0 Å². The molecule has 1 amide bonds. The van der Waals surface area contributed by atoms with E-state index in [1.165, 1.54) is 0 Å². The van der Waals surface area contributed by atoms with Gasteiger partial charge in [-0.05, 0) is 18.4 Å². The monoisotopic (exact) mass is 249 g/mol. The average molecular weight is 249 g/mol. The van der Waals surface area contributed by atoms with Crippen molar-refractivity contribution in [2.45, 2.75) is 25.0 Å². The first-order valence-electron chi connectivity index (χ1n) is 5.88. The summed E-state index contributed by atoms with van der Waals surface area (Å²) in [4.78, 5) is 23.0. The molecule has 2 atom stereocenters. The number of ether oxygens (including phenoxy) is 1. The highest BCUT2D eigenvalue weighted by molar-refractivity contribution is 5.87. The minimum Gasteiger partial charge on any atom is -0.479 e. The van der Waals surface area contributed by atoms with Crippen molar-refractivity contribution in [3.8, 4) is 0 Å². The SMILES string of the molecule is O=C(N[C@H](C(=O)O)c1ccccc1)[C@@H]1CCCO1. The molecule has 1 aliphatic rings. The van der Waals surface area contributed by atoms with Gasteiger partial charge in [0.25, 0.3) is 0 Å².